The van der Waals surface area contributed by atoms with Gasteiger partial charge in [0.05, 0.1) is 18.1 Å². The number of rotatable bonds is 2. The fourth-order valence-electron chi connectivity index (χ4n) is 1.89. The molecule has 0 radical (unpaired) electrons. The van der Waals surface area contributed by atoms with Crippen molar-refractivity contribution in [1.29, 1.82) is 0 Å². The van der Waals surface area contributed by atoms with Crippen LogP contribution in [0, 0.1) is 6.92 Å². The van der Waals surface area contributed by atoms with Crippen LogP contribution >= 0.6 is 0 Å². The van der Waals surface area contributed by atoms with Crippen LogP contribution in [0.25, 0.3) is 0 Å². The van der Waals surface area contributed by atoms with Crippen LogP contribution in [0.4, 0.5) is 0 Å². The third-order valence-corrected chi connectivity index (χ3v) is 4.04. The topological polar surface area (TPSA) is 43.4 Å². The van der Waals surface area contributed by atoms with E-state index in [1.807, 2.05) is 13.0 Å². The molecule has 0 aliphatic carbocycles. The summed E-state index contributed by atoms with van der Waals surface area (Å²) in [5.74, 6) is 0.367. The summed E-state index contributed by atoms with van der Waals surface area (Å²) in [5, 5.41) is 0. The molecule has 0 atom stereocenters. The third kappa shape index (κ3) is 1.92. The van der Waals surface area contributed by atoms with E-state index in [1.165, 1.54) is 6.26 Å². The van der Waals surface area contributed by atoms with Crippen LogP contribution in [0.1, 0.15) is 17.0 Å². The van der Waals surface area contributed by atoms with Gasteiger partial charge in [-0.3, -0.25) is 0 Å². The lowest BCUT2D eigenvalue weighted by Crippen LogP contribution is -2.26. The molecule has 0 spiro atoms. The maximum Gasteiger partial charge on any atom is 0.175 e. The highest BCUT2D eigenvalue weighted by molar-refractivity contribution is 7.90. The zero-order chi connectivity index (χ0) is 11.1. The standard InChI is InChI=1S/C11H14O3S/c1-8-10(9-6-14-7-9)4-3-5-11(8)15(2,12)13/h3-5,9H,6-7H2,1-2H3. The van der Waals surface area contributed by atoms with Crippen LogP contribution in [0.3, 0.4) is 0 Å². The molecular formula is C11H14O3S. The fourth-order valence-corrected chi connectivity index (χ4v) is 2.89. The van der Waals surface area contributed by atoms with Crippen molar-refractivity contribution >= 4 is 9.84 Å². The Morgan fingerprint density at radius 1 is 1.33 bits per heavy atom. The molecule has 0 amide bonds. The average Bonchev–Trinajstić information content (AvgIpc) is 2.03. The molecule has 3 nitrogen and oxygen atoms in total. The minimum Gasteiger partial charge on any atom is -0.380 e. The van der Waals surface area contributed by atoms with Crippen LogP contribution < -0.4 is 0 Å². The third-order valence-electron chi connectivity index (χ3n) is 2.80. The summed E-state index contributed by atoms with van der Waals surface area (Å²) in [6.07, 6.45) is 1.25. The van der Waals surface area contributed by atoms with E-state index in [2.05, 4.69) is 0 Å². The molecule has 1 fully saturated rings. The predicted molar refractivity (Wildman–Crippen MR) is 57.8 cm³/mol. The van der Waals surface area contributed by atoms with Gasteiger partial charge in [-0.2, -0.15) is 0 Å². The van der Waals surface area contributed by atoms with Crippen molar-refractivity contribution in [3.8, 4) is 0 Å². The Morgan fingerprint density at radius 2 is 2.00 bits per heavy atom. The molecule has 0 bridgehead atoms. The molecule has 1 aromatic carbocycles. The Hall–Kier alpha value is -0.870. The number of benzene rings is 1. The van der Waals surface area contributed by atoms with Gasteiger partial charge < -0.3 is 4.74 Å². The van der Waals surface area contributed by atoms with Crippen LogP contribution in [0.15, 0.2) is 23.1 Å². The Morgan fingerprint density at radius 3 is 2.47 bits per heavy atom. The lowest BCUT2D eigenvalue weighted by Gasteiger charge is -2.28. The SMILES string of the molecule is Cc1c(C2COC2)cccc1S(C)(=O)=O. The van der Waals surface area contributed by atoms with E-state index in [0.29, 0.717) is 24.0 Å². The van der Waals surface area contributed by atoms with Crippen molar-refractivity contribution in [2.75, 3.05) is 19.5 Å². The zero-order valence-corrected chi connectivity index (χ0v) is 9.67. The van der Waals surface area contributed by atoms with E-state index < -0.39 is 9.84 Å². The largest absolute Gasteiger partial charge is 0.380 e. The van der Waals surface area contributed by atoms with Gasteiger partial charge in [-0.05, 0) is 24.1 Å². The Labute approximate surface area is 90.0 Å². The van der Waals surface area contributed by atoms with Gasteiger partial charge in [0.25, 0.3) is 0 Å². The predicted octanol–water partition coefficient (Wildman–Crippen LogP) is 1.51. The van der Waals surface area contributed by atoms with Gasteiger partial charge in [-0.25, -0.2) is 8.42 Å². The summed E-state index contributed by atoms with van der Waals surface area (Å²) >= 11 is 0. The molecule has 1 saturated heterocycles. The highest BCUT2D eigenvalue weighted by atomic mass is 32.2. The molecule has 2 rings (SSSR count). The number of hydrogen-bond acceptors (Lipinski definition) is 3. The minimum absolute atomic E-state index is 0.367. The van der Waals surface area contributed by atoms with Crippen molar-refractivity contribution in [2.24, 2.45) is 0 Å². The van der Waals surface area contributed by atoms with Gasteiger partial charge >= 0.3 is 0 Å². The summed E-state index contributed by atoms with van der Waals surface area (Å²) in [7, 11) is -3.11. The van der Waals surface area contributed by atoms with Gasteiger partial charge in [-0.1, -0.05) is 12.1 Å². The summed E-state index contributed by atoms with van der Waals surface area (Å²) in [6.45, 7) is 3.27. The molecule has 1 heterocycles. The molecule has 82 valence electrons. The van der Waals surface area contributed by atoms with Crippen molar-refractivity contribution in [3.63, 3.8) is 0 Å². The second-order valence-electron chi connectivity index (χ2n) is 3.98. The minimum atomic E-state index is -3.11. The van der Waals surface area contributed by atoms with E-state index in [1.54, 1.807) is 12.1 Å². The van der Waals surface area contributed by atoms with Crippen molar-refractivity contribution in [3.05, 3.63) is 29.3 Å². The quantitative estimate of drug-likeness (QED) is 0.767. The van der Waals surface area contributed by atoms with E-state index in [9.17, 15) is 8.42 Å². The van der Waals surface area contributed by atoms with Crippen LogP contribution in [-0.4, -0.2) is 27.9 Å². The van der Waals surface area contributed by atoms with Crippen LogP contribution in [0.5, 0.6) is 0 Å². The number of ether oxygens (including phenoxy) is 1. The Balaban J connectivity index is 2.50. The van der Waals surface area contributed by atoms with Crippen molar-refractivity contribution < 1.29 is 13.2 Å². The first kappa shape index (κ1) is 10.6. The lowest BCUT2D eigenvalue weighted by atomic mass is 9.93. The van der Waals surface area contributed by atoms with E-state index in [-0.39, 0.29) is 0 Å². The first-order valence-corrected chi connectivity index (χ1v) is 6.76. The van der Waals surface area contributed by atoms with Crippen LogP contribution in [-0.2, 0) is 14.6 Å². The first-order chi connectivity index (χ1) is 7.00. The lowest BCUT2D eigenvalue weighted by molar-refractivity contribution is 0.00807. The van der Waals surface area contributed by atoms with E-state index >= 15 is 0 Å². The van der Waals surface area contributed by atoms with Gasteiger partial charge in [0.2, 0.25) is 0 Å². The van der Waals surface area contributed by atoms with Gasteiger partial charge in [0, 0.05) is 12.2 Å². The molecule has 1 aromatic rings. The molecule has 4 heteroatoms. The summed E-state index contributed by atoms with van der Waals surface area (Å²) in [6, 6.07) is 5.45. The maximum absolute atomic E-state index is 11.5. The van der Waals surface area contributed by atoms with E-state index in [4.69, 9.17) is 4.74 Å². The Bertz CT molecular complexity index is 473. The summed E-state index contributed by atoms with van der Waals surface area (Å²) in [4.78, 5) is 0.437. The van der Waals surface area contributed by atoms with Gasteiger partial charge in [0.15, 0.2) is 9.84 Å². The molecule has 0 unspecified atom stereocenters. The molecule has 1 aliphatic heterocycles. The summed E-state index contributed by atoms with van der Waals surface area (Å²) in [5.41, 5.74) is 1.97. The molecular weight excluding hydrogens is 212 g/mol. The first-order valence-electron chi connectivity index (χ1n) is 4.87. The smallest absolute Gasteiger partial charge is 0.175 e. The maximum atomic E-state index is 11.5. The van der Waals surface area contributed by atoms with Crippen molar-refractivity contribution in [2.45, 2.75) is 17.7 Å². The summed E-state index contributed by atoms with van der Waals surface area (Å²) < 4.78 is 28.1. The number of hydrogen-bond donors (Lipinski definition) is 0. The van der Waals surface area contributed by atoms with Gasteiger partial charge in [0.1, 0.15) is 0 Å². The monoisotopic (exact) mass is 226 g/mol. The average molecular weight is 226 g/mol. The van der Waals surface area contributed by atoms with Crippen molar-refractivity contribution in [1.82, 2.24) is 0 Å². The highest BCUT2D eigenvalue weighted by Gasteiger charge is 2.24. The fraction of sp³-hybridized carbons (Fsp3) is 0.455. The molecule has 0 aromatic heterocycles. The molecule has 0 saturated carbocycles. The second kappa shape index (κ2) is 3.61. The molecule has 15 heavy (non-hydrogen) atoms. The molecule has 0 N–H and O–H groups in total. The number of sulfone groups is 1. The highest BCUT2D eigenvalue weighted by Crippen LogP contribution is 2.29. The van der Waals surface area contributed by atoms with Gasteiger partial charge in [-0.15, -0.1) is 0 Å². The Kier molecular flexibility index (Phi) is 2.56. The normalized spacial score (nSPS) is 17.5. The van der Waals surface area contributed by atoms with Crippen LogP contribution in [0.2, 0.25) is 0 Å². The zero-order valence-electron chi connectivity index (χ0n) is 8.86. The van der Waals surface area contributed by atoms with E-state index in [0.717, 1.165) is 11.1 Å². The second-order valence-corrected chi connectivity index (χ2v) is 5.96. The molecule has 1 aliphatic rings.